The lowest BCUT2D eigenvalue weighted by molar-refractivity contribution is -0.137. The van der Waals surface area contributed by atoms with Crippen LogP contribution in [0.15, 0.2) is 30.3 Å². The van der Waals surface area contributed by atoms with Crippen molar-refractivity contribution in [3.63, 3.8) is 0 Å². The van der Waals surface area contributed by atoms with E-state index in [4.69, 9.17) is 9.84 Å². The van der Waals surface area contributed by atoms with E-state index >= 15 is 0 Å². The van der Waals surface area contributed by atoms with Gasteiger partial charge in [0.2, 0.25) is 5.91 Å². The molecule has 2 rings (SSSR count). The standard InChI is InChI=1S/C20H28N2O5/c23-18(24)13-7-6-12-17(19(25)21-16-10-4-5-11-16)22-20(26)27-14-15-8-2-1-3-9-15/h1-3,8-9,16-17H,4-7,10-14H2,(H,21,25)(H,22,26)(H,23,24)/t17-/m0/s1. The number of aliphatic carboxylic acids is 1. The molecule has 0 aliphatic heterocycles. The van der Waals surface area contributed by atoms with E-state index < -0.39 is 18.1 Å². The molecule has 1 atom stereocenters. The van der Waals surface area contributed by atoms with Crippen molar-refractivity contribution in [2.75, 3.05) is 0 Å². The van der Waals surface area contributed by atoms with Crippen LogP contribution in [0.2, 0.25) is 0 Å². The minimum absolute atomic E-state index is 0.0510. The summed E-state index contributed by atoms with van der Waals surface area (Å²) >= 11 is 0. The Hall–Kier alpha value is -2.57. The molecule has 148 valence electrons. The van der Waals surface area contributed by atoms with Crippen molar-refractivity contribution in [3.05, 3.63) is 35.9 Å². The molecule has 0 bridgehead atoms. The van der Waals surface area contributed by atoms with Gasteiger partial charge in [-0.15, -0.1) is 0 Å². The average molecular weight is 376 g/mol. The Bertz CT molecular complexity index is 614. The molecule has 1 aromatic carbocycles. The first-order valence-electron chi connectivity index (χ1n) is 9.54. The zero-order valence-corrected chi connectivity index (χ0v) is 15.5. The van der Waals surface area contributed by atoms with Crippen LogP contribution in [-0.2, 0) is 20.9 Å². The van der Waals surface area contributed by atoms with Crippen molar-refractivity contribution in [2.45, 2.75) is 70.1 Å². The van der Waals surface area contributed by atoms with E-state index in [1.807, 2.05) is 30.3 Å². The van der Waals surface area contributed by atoms with Crippen LogP contribution in [-0.4, -0.2) is 35.2 Å². The quantitative estimate of drug-likeness (QED) is 0.545. The summed E-state index contributed by atoms with van der Waals surface area (Å²) in [5.41, 5.74) is 0.862. The number of alkyl carbamates (subject to hydrolysis) is 1. The number of unbranched alkanes of at least 4 members (excludes halogenated alkanes) is 1. The number of ether oxygens (including phenoxy) is 1. The van der Waals surface area contributed by atoms with Gasteiger partial charge in [-0.05, 0) is 31.2 Å². The first-order valence-corrected chi connectivity index (χ1v) is 9.54. The van der Waals surface area contributed by atoms with Crippen molar-refractivity contribution in [1.82, 2.24) is 10.6 Å². The van der Waals surface area contributed by atoms with Crippen LogP contribution in [0, 0.1) is 0 Å². The lowest BCUT2D eigenvalue weighted by Crippen LogP contribution is -2.49. The highest BCUT2D eigenvalue weighted by atomic mass is 16.5. The third kappa shape index (κ3) is 8.11. The first kappa shape index (κ1) is 20.7. The Balaban J connectivity index is 1.83. The zero-order chi connectivity index (χ0) is 19.5. The Labute approximate surface area is 159 Å². The highest BCUT2D eigenvalue weighted by Gasteiger charge is 2.25. The fraction of sp³-hybridized carbons (Fsp3) is 0.550. The molecule has 0 spiro atoms. The van der Waals surface area contributed by atoms with E-state index in [1.165, 1.54) is 0 Å². The van der Waals surface area contributed by atoms with Gasteiger partial charge in [0.1, 0.15) is 12.6 Å². The third-order valence-corrected chi connectivity index (χ3v) is 4.66. The second-order valence-corrected chi connectivity index (χ2v) is 6.89. The maximum Gasteiger partial charge on any atom is 0.408 e. The Morgan fingerprint density at radius 2 is 1.81 bits per heavy atom. The molecule has 1 fully saturated rings. The second-order valence-electron chi connectivity index (χ2n) is 6.89. The summed E-state index contributed by atoms with van der Waals surface area (Å²) in [7, 11) is 0. The van der Waals surface area contributed by atoms with E-state index in [-0.39, 0.29) is 25.0 Å². The zero-order valence-electron chi connectivity index (χ0n) is 15.5. The van der Waals surface area contributed by atoms with Crippen LogP contribution in [0.25, 0.3) is 0 Å². The third-order valence-electron chi connectivity index (χ3n) is 4.66. The number of amides is 2. The van der Waals surface area contributed by atoms with Crippen molar-refractivity contribution >= 4 is 18.0 Å². The summed E-state index contributed by atoms with van der Waals surface area (Å²) in [5.74, 6) is -1.09. The fourth-order valence-corrected chi connectivity index (χ4v) is 3.17. The molecule has 0 radical (unpaired) electrons. The summed E-state index contributed by atoms with van der Waals surface area (Å²) in [6, 6.07) is 8.73. The smallest absolute Gasteiger partial charge is 0.408 e. The van der Waals surface area contributed by atoms with Crippen molar-refractivity contribution < 1.29 is 24.2 Å². The van der Waals surface area contributed by atoms with E-state index in [0.717, 1.165) is 31.2 Å². The maximum absolute atomic E-state index is 12.5. The molecular formula is C20H28N2O5. The van der Waals surface area contributed by atoms with E-state index in [0.29, 0.717) is 19.3 Å². The van der Waals surface area contributed by atoms with Crippen LogP contribution in [0.1, 0.15) is 56.9 Å². The summed E-state index contributed by atoms with van der Waals surface area (Å²) in [4.78, 5) is 35.3. The minimum Gasteiger partial charge on any atom is -0.481 e. The Kier molecular flexibility index (Phi) is 8.61. The topological polar surface area (TPSA) is 105 Å². The van der Waals surface area contributed by atoms with Gasteiger partial charge < -0.3 is 20.5 Å². The van der Waals surface area contributed by atoms with Gasteiger partial charge in [-0.1, -0.05) is 49.6 Å². The van der Waals surface area contributed by atoms with E-state index in [2.05, 4.69) is 10.6 Å². The number of nitrogens with one attached hydrogen (secondary N) is 2. The van der Waals surface area contributed by atoms with E-state index in [1.54, 1.807) is 0 Å². The predicted octanol–water partition coefficient (Wildman–Crippen LogP) is 2.99. The molecule has 27 heavy (non-hydrogen) atoms. The fourth-order valence-electron chi connectivity index (χ4n) is 3.17. The molecule has 7 nitrogen and oxygen atoms in total. The molecule has 0 heterocycles. The average Bonchev–Trinajstić information content (AvgIpc) is 3.16. The normalized spacial score (nSPS) is 15.1. The molecular weight excluding hydrogens is 348 g/mol. The van der Waals surface area contributed by atoms with Crippen LogP contribution >= 0.6 is 0 Å². The van der Waals surface area contributed by atoms with Gasteiger partial charge in [0, 0.05) is 12.5 Å². The van der Waals surface area contributed by atoms with Crippen molar-refractivity contribution in [1.29, 1.82) is 0 Å². The van der Waals surface area contributed by atoms with Gasteiger partial charge in [-0.2, -0.15) is 0 Å². The lowest BCUT2D eigenvalue weighted by atomic mass is 10.1. The molecule has 0 unspecified atom stereocenters. The van der Waals surface area contributed by atoms with Crippen molar-refractivity contribution in [3.8, 4) is 0 Å². The molecule has 1 aliphatic rings. The monoisotopic (exact) mass is 376 g/mol. The molecule has 1 saturated carbocycles. The number of hydrogen-bond acceptors (Lipinski definition) is 4. The highest BCUT2D eigenvalue weighted by molar-refractivity contribution is 5.85. The number of carboxylic acids is 1. The first-order chi connectivity index (χ1) is 13.0. The number of hydrogen-bond donors (Lipinski definition) is 3. The SMILES string of the molecule is O=C(O)CCCC[C@H](NC(=O)OCc1ccccc1)C(=O)NC1CCCC1. The van der Waals surface area contributed by atoms with Crippen LogP contribution < -0.4 is 10.6 Å². The Morgan fingerprint density at radius 1 is 1.11 bits per heavy atom. The van der Waals surface area contributed by atoms with Crippen LogP contribution in [0.4, 0.5) is 4.79 Å². The molecule has 2 amide bonds. The summed E-state index contributed by atoms with van der Waals surface area (Å²) < 4.78 is 5.20. The number of benzene rings is 1. The van der Waals surface area contributed by atoms with Gasteiger partial charge in [-0.3, -0.25) is 9.59 Å². The lowest BCUT2D eigenvalue weighted by Gasteiger charge is -2.21. The molecule has 1 aliphatic carbocycles. The van der Waals surface area contributed by atoms with Gasteiger partial charge in [-0.25, -0.2) is 4.79 Å². The van der Waals surface area contributed by atoms with E-state index in [9.17, 15) is 14.4 Å². The number of carbonyl (C=O) groups excluding carboxylic acids is 2. The minimum atomic E-state index is -0.864. The highest BCUT2D eigenvalue weighted by Crippen LogP contribution is 2.18. The van der Waals surface area contributed by atoms with Gasteiger partial charge in [0.25, 0.3) is 0 Å². The largest absolute Gasteiger partial charge is 0.481 e. The van der Waals surface area contributed by atoms with Crippen molar-refractivity contribution in [2.24, 2.45) is 0 Å². The number of rotatable bonds is 10. The molecule has 0 saturated heterocycles. The predicted molar refractivity (Wildman–Crippen MR) is 100 cm³/mol. The molecule has 7 heteroatoms. The Morgan fingerprint density at radius 3 is 2.48 bits per heavy atom. The summed E-state index contributed by atoms with van der Waals surface area (Å²) in [5, 5.41) is 14.3. The maximum atomic E-state index is 12.5. The van der Waals surface area contributed by atoms with Crippen LogP contribution in [0.5, 0.6) is 0 Å². The number of carbonyl (C=O) groups is 3. The van der Waals surface area contributed by atoms with Gasteiger partial charge >= 0.3 is 12.1 Å². The molecule has 0 aromatic heterocycles. The second kappa shape index (κ2) is 11.2. The molecule has 1 aromatic rings. The van der Waals surface area contributed by atoms with Crippen LogP contribution in [0.3, 0.4) is 0 Å². The molecule has 3 N–H and O–H groups in total. The van der Waals surface area contributed by atoms with Gasteiger partial charge in [0.15, 0.2) is 0 Å². The summed E-state index contributed by atoms with van der Waals surface area (Å²) in [6.07, 6.45) is 4.88. The number of carboxylic acid groups (broad SMARTS) is 1. The van der Waals surface area contributed by atoms with Gasteiger partial charge in [0.05, 0.1) is 0 Å². The summed E-state index contributed by atoms with van der Waals surface area (Å²) in [6.45, 7) is 0.128.